The van der Waals surface area contributed by atoms with Crippen LogP contribution < -0.4 is 5.32 Å². The number of benzene rings is 1. The van der Waals surface area contributed by atoms with E-state index in [1.807, 2.05) is 36.3 Å². The third kappa shape index (κ3) is 4.90. The lowest BCUT2D eigenvalue weighted by molar-refractivity contribution is 0.679. The Morgan fingerprint density at radius 1 is 1.06 bits per heavy atom. The average molecular weight is 258 g/mol. The summed E-state index contributed by atoms with van der Waals surface area (Å²) in [6, 6.07) is 14.6. The number of aromatic nitrogens is 1. The second kappa shape index (κ2) is 7.90. The van der Waals surface area contributed by atoms with Crippen molar-refractivity contribution in [2.24, 2.45) is 0 Å². The van der Waals surface area contributed by atoms with Gasteiger partial charge in [-0.1, -0.05) is 30.3 Å². The first-order chi connectivity index (χ1) is 8.95. The highest BCUT2D eigenvalue weighted by Crippen LogP contribution is 2.16. The third-order valence-corrected chi connectivity index (χ3v) is 3.64. The van der Waals surface area contributed by atoms with Crippen molar-refractivity contribution in [1.82, 2.24) is 10.3 Å². The first kappa shape index (κ1) is 13.1. The van der Waals surface area contributed by atoms with Crippen LogP contribution in [0.2, 0.25) is 0 Å². The van der Waals surface area contributed by atoms with Crippen LogP contribution in [0.1, 0.15) is 12.0 Å². The minimum absolute atomic E-state index is 0.957. The smallest absolute Gasteiger partial charge is 0.0403 e. The molecule has 0 aliphatic rings. The molecule has 2 aromatic rings. The molecule has 1 aromatic heterocycles. The van der Waals surface area contributed by atoms with E-state index in [1.165, 1.54) is 16.9 Å². The lowest BCUT2D eigenvalue weighted by Crippen LogP contribution is -2.15. The van der Waals surface area contributed by atoms with Gasteiger partial charge in [0.05, 0.1) is 0 Å². The van der Waals surface area contributed by atoms with Gasteiger partial charge in [-0.15, -0.1) is 11.8 Å². The highest BCUT2D eigenvalue weighted by Gasteiger charge is 1.94. The van der Waals surface area contributed by atoms with Crippen molar-refractivity contribution in [2.75, 3.05) is 12.3 Å². The number of rotatable bonds is 7. The molecule has 0 saturated heterocycles. The Bertz CT molecular complexity index is 387. The molecule has 0 fully saturated rings. The molecule has 0 saturated carbocycles. The van der Waals surface area contributed by atoms with E-state index < -0.39 is 0 Å². The Balaban J connectivity index is 1.54. The van der Waals surface area contributed by atoms with Gasteiger partial charge in [0.2, 0.25) is 0 Å². The summed E-state index contributed by atoms with van der Waals surface area (Å²) in [5.41, 5.74) is 1.34. The summed E-state index contributed by atoms with van der Waals surface area (Å²) in [6.45, 7) is 2.01. The van der Waals surface area contributed by atoms with E-state index >= 15 is 0 Å². The Hall–Kier alpha value is -1.32. The third-order valence-electron chi connectivity index (χ3n) is 2.57. The van der Waals surface area contributed by atoms with Gasteiger partial charge >= 0.3 is 0 Å². The molecule has 2 nitrogen and oxygen atoms in total. The molecule has 0 amide bonds. The number of thioether (sulfide) groups is 1. The maximum absolute atomic E-state index is 4.10. The highest BCUT2D eigenvalue weighted by atomic mass is 32.2. The zero-order valence-electron chi connectivity index (χ0n) is 10.4. The van der Waals surface area contributed by atoms with E-state index in [9.17, 15) is 0 Å². The second-order valence-corrected chi connectivity index (χ2v) is 5.22. The monoisotopic (exact) mass is 258 g/mol. The maximum atomic E-state index is 4.10. The minimum atomic E-state index is 0.957. The van der Waals surface area contributed by atoms with Crippen LogP contribution >= 0.6 is 11.8 Å². The van der Waals surface area contributed by atoms with Crippen molar-refractivity contribution in [3.8, 4) is 0 Å². The van der Waals surface area contributed by atoms with Crippen molar-refractivity contribution in [3.63, 3.8) is 0 Å². The molecular formula is C15H18N2S. The molecule has 0 aliphatic heterocycles. The minimum Gasteiger partial charge on any atom is -0.313 e. The lowest BCUT2D eigenvalue weighted by atomic mass is 10.2. The lowest BCUT2D eigenvalue weighted by Gasteiger charge is -2.04. The summed E-state index contributed by atoms with van der Waals surface area (Å²) in [4.78, 5) is 5.35. The predicted molar refractivity (Wildman–Crippen MR) is 77.7 cm³/mol. The predicted octanol–water partition coefficient (Wildman–Crippen LogP) is 3.35. The second-order valence-electron chi connectivity index (χ2n) is 4.05. The van der Waals surface area contributed by atoms with Crippen molar-refractivity contribution in [2.45, 2.75) is 17.9 Å². The molecule has 1 N–H and O–H groups in total. The topological polar surface area (TPSA) is 24.9 Å². The van der Waals surface area contributed by atoms with E-state index in [0.29, 0.717) is 0 Å². The molecule has 94 valence electrons. The van der Waals surface area contributed by atoms with Crippen LogP contribution in [-0.2, 0) is 6.54 Å². The van der Waals surface area contributed by atoms with Crippen molar-refractivity contribution >= 4 is 11.8 Å². The van der Waals surface area contributed by atoms with Crippen molar-refractivity contribution < 1.29 is 0 Å². The van der Waals surface area contributed by atoms with Gasteiger partial charge in [-0.3, -0.25) is 4.98 Å². The number of nitrogens with zero attached hydrogens (tertiary/aromatic N) is 1. The van der Waals surface area contributed by atoms with E-state index in [1.54, 1.807) is 0 Å². The largest absolute Gasteiger partial charge is 0.313 e. The Kier molecular flexibility index (Phi) is 5.76. The molecule has 0 aliphatic carbocycles. The fourth-order valence-electron chi connectivity index (χ4n) is 1.65. The van der Waals surface area contributed by atoms with Crippen LogP contribution in [0.5, 0.6) is 0 Å². The molecular weight excluding hydrogens is 240 g/mol. The molecule has 2 rings (SSSR count). The summed E-state index contributed by atoms with van der Waals surface area (Å²) >= 11 is 1.86. The van der Waals surface area contributed by atoms with Gasteiger partial charge in [0, 0.05) is 23.8 Å². The van der Waals surface area contributed by atoms with E-state index in [0.717, 1.165) is 18.8 Å². The van der Waals surface area contributed by atoms with Crippen molar-refractivity contribution in [3.05, 3.63) is 60.4 Å². The van der Waals surface area contributed by atoms with Crippen LogP contribution in [0.3, 0.4) is 0 Å². The zero-order chi connectivity index (χ0) is 12.5. The summed E-state index contributed by atoms with van der Waals surface area (Å²) in [5, 5.41) is 3.46. The van der Waals surface area contributed by atoms with Gasteiger partial charge in [-0.05, 0) is 36.4 Å². The van der Waals surface area contributed by atoms with Gasteiger partial charge in [-0.2, -0.15) is 0 Å². The molecule has 1 aromatic carbocycles. The number of pyridine rings is 1. The Morgan fingerprint density at radius 3 is 2.72 bits per heavy atom. The van der Waals surface area contributed by atoms with E-state index in [2.05, 4.69) is 40.6 Å². The van der Waals surface area contributed by atoms with Gasteiger partial charge in [0.15, 0.2) is 0 Å². The SMILES string of the molecule is c1ccc(CNCCCSc2cccnc2)cc1. The van der Waals surface area contributed by atoms with E-state index in [-0.39, 0.29) is 0 Å². The molecule has 0 unspecified atom stereocenters. The normalized spacial score (nSPS) is 10.4. The Morgan fingerprint density at radius 2 is 1.94 bits per heavy atom. The van der Waals surface area contributed by atoms with Crippen molar-refractivity contribution in [1.29, 1.82) is 0 Å². The highest BCUT2D eigenvalue weighted by molar-refractivity contribution is 7.99. The number of hydrogen-bond acceptors (Lipinski definition) is 3. The molecule has 0 radical (unpaired) electrons. The van der Waals surface area contributed by atoms with E-state index in [4.69, 9.17) is 0 Å². The van der Waals surface area contributed by atoms with Gasteiger partial charge in [0.1, 0.15) is 0 Å². The summed E-state index contributed by atoms with van der Waals surface area (Å²) in [7, 11) is 0. The summed E-state index contributed by atoms with van der Waals surface area (Å²) in [5.74, 6) is 1.13. The van der Waals surface area contributed by atoms with Gasteiger partial charge in [-0.25, -0.2) is 0 Å². The number of hydrogen-bond donors (Lipinski definition) is 1. The van der Waals surface area contributed by atoms with Crippen LogP contribution in [-0.4, -0.2) is 17.3 Å². The maximum Gasteiger partial charge on any atom is 0.0403 e. The van der Waals surface area contributed by atoms with Gasteiger partial charge in [0.25, 0.3) is 0 Å². The van der Waals surface area contributed by atoms with Crippen LogP contribution in [0.15, 0.2) is 59.8 Å². The quantitative estimate of drug-likeness (QED) is 0.609. The summed E-state index contributed by atoms with van der Waals surface area (Å²) in [6.07, 6.45) is 4.90. The van der Waals surface area contributed by atoms with Crippen LogP contribution in [0.4, 0.5) is 0 Å². The average Bonchev–Trinajstić information content (AvgIpc) is 2.45. The Labute approximate surface area is 113 Å². The molecule has 0 spiro atoms. The molecule has 1 heterocycles. The van der Waals surface area contributed by atoms with Crippen LogP contribution in [0, 0.1) is 0 Å². The first-order valence-electron chi connectivity index (χ1n) is 6.22. The molecule has 0 bridgehead atoms. The molecule has 18 heavy (non-hydrogen) atoms. The first-order valence-corrected chi connectivity index (χ1v) is 7.21. The summed E-state index contributed by atoms with van der Waals surface area (Å²) < 4.78 is 0. The molecule has 3 heteroatoms. The van der Waals surface area contributed by atoms with Crippen LogP contribution in [0.25, 0.3) is 0 Å². The standard InChI is InChI=1S/C15H18N2S/c1-2-6-14(7-3-1)12-16-10-5-11-18-15-8-4-9-17-13-15/h1-4,6-9,13,16H,5,10-12H2. The fourth-order valence-corrected chi connectivity index (χ4v) is 2.48. The van der Waals surface area contributed by atoms with Gasteiger partial charge < -0.3 is 5.32 Å². The zero-order valence-corrected chi connectivity index (χ0v) is 11.2. The number of nitrogens with one attached hydrogen (secondary N) is 1. The molecule has 0 atom stereocenters. The fraction of sp³-hybridized carbons (Fsp3) is 0.267.